The van der Waals surface area contributed by atoms with Gasteiger partial charge in [0.2, 0.25) is 5.91 Å². The fraction of sp³-hybridized carbons (Fsp3) is 0.412. The highest BCUT2D eigenvalue weighted by atomic mass is 16.5. The SMILES string of the molecule is C[C@@H](OC(=O)C1=NNC(=O)CC1)C(=O)N1CCCc2ccccc21. The number of hydrogen-bond acceptors (Lipinski definition) is 5. The first kappa shape index (κ1) is 16.2. The Balaban J connectivity index is 1.67. The Morgan fingerprint density at radius 1 is 1.25 bits per heavy atom. The van der Waals surface area contributed by atoms with Crippen LogP contribution < -0.4 is 10.3 Å². The summed E-state index contributed by atoms with van der Waals surface area (Å²) in [4.78, 5) is 37.5. The highest BCUT2D eigenvalue weighted by Crippen LogP contribution is 2.27. The van der Waals surface area contributed by atoms with Crippen LogP contribution >= 0.6 is 0 Å². The van der Waals surface area contributed by atoms with Gasteiger partial charge in [-0.3, -0.25) is 9.59 Å². The van der Waals surface area contributed by atoms with E-state index in [-0.39, 0.29) is 30.4 Å². The van der Waals surface area contributed by atoms with Gasteiger partial charge in [0, 0.05) is 25.1 Å². The summed E-state index contributed by atoms with van der Waals surface area (Å²) in [6.07, 6.45) is 1.31. The maximum atomic E-state index is 12.7. The smallest absolute Gasteiger partial charge is 0.355 e. The van der Waals surface area contributed by atoms with E-state index in [1.807, 2.05) is 24.3 Å². The summed E-state index contributed by atoms with van der Waals surface area (Å²) in [5.41, 5.74) is 4.37. The van der Waals surface area contributed by atoms with Gasteiger partial charge in [-0.15, -0.1) is 0 Å². The topological polar surface area (TPSA) is 88.1 Å². The average Bonchev–Trinajstić information content (AvgIpc) is 2.61. The second kappa shape index (κ2) is 6.82. The van der Waals surface area contributed by atoms with Crippen molar-refractivity contribution < 1.29 is 19.1 Å². The van der Waals surface area contributed by atoms with Gasteiger partial charge >= 0.3 is 5.97 Å². The van der Waals surface area contributed by atoms with Crippen molar-refractivity contribution in [1.29, 1.82) is 0 Å². The molecule has 2 aliphatic heterocycles. The summed E-state index contributed by atoms with van der Waals surface area (Å²) in [7, 11) is 0. The van der Waals surface area contributed by atoms with Gasteiger partial charge in [0.25, 0.3) is 5.91 Å². The Hall–Kier alpha value is -2.70. The molecule has 0 saturated carbocycles. The highest BCUT2D eigenvalue weighted by molar-refractivity contribution is 6.37. The standard InChI is InChI=1S/C17H19N3O4/c1-11(24-17(23)13-8-9-15(21)19-18-13)16(22)20-10-4-6-12-5-2-3-7-14(12)20/h2-3,5,7,11H,4,6,8-10H2,1H3,(H,19,21)/t11-/m1/s1. The Kier molecular flexibility index (Phi) is 4.59. The van der Waals surface area contributed by atoms with Gasteiger partial charge in [-0.25, -0.2) is 10.2 Å². The Morgan fingerprint density at radius 2 is 2.04 bits per heavy atom. The number of carbonyl (C=O) groups excluding carboxylic acids is 3. The zero-order chi connectivity index (χ0) is 17.1. The summed E-state index contributed by atoms with van der Waals surface area (Å²) >= 11 is 0. The molecule has 0 aromatic heterocycles. The number of rotatable bonds is 3. The molecule has 0 radical (unpaired) electrons. The number of fused-ring (bicyclic) bond motifs is 1. The number of aryl methyl sites for hydroxylation is 1. The largest absolute Gasteiger partial charge is 0.448 e. The fourth-order valence-electron chi connectivity index (χ4n) is 2.88. The minimum Gasteiger partial charge on any atom is -0.448 e. The number of ether oxygens (including phenoxy) is 1. The molecule has 2 heterocycles. The van der Waals surface area contributed by atoms with Gasteiger partial charge in [-0.1, -0.05) is 18.2 Å². The van der Waals surface area contributed by atoms with Crippen molar-refractivity contribution in [3.63, 3.8) is 0 Å². The van der Waals surface area contributed by atoms with E-state index in [2.05, 4.69) is 10.5 Å². The van der Waals surface area contributed by atoms with Crippen LogP contribution in [0.1, 0.15) is 31.7 Å². The van der Waals surface area contributed by atoms with Gasteiger partial charge in [0.05, 0.1) is 0 Å². The zero-order valence-electron chi connectivity index (χ0n) is 13.4. The van der Waals surface area contributed by atoms with Crippen LogP contribution in [0.2, 0.25) is 0 Å². The molecule has 2 aliphatic rings. The number of nitrogens with zero attached hydrogens (tertiary/aromatic N) is 2. The zero-order valence-corrected chi connectivity index (χ0v) is 13.4. The predicted molar refractivity (Wildman–Crippen MR) is 87.5 cm³/mol. The van der Waals surface area contributed by atoms with Crippen molar-refractivity contribution in [2.45, 2.75) is 38.7 Å². The predicted octanol–water partition coefficient (Wildman–Crippen LogP) is 1.16. The molecule has 2 amide bonds. The van der Waals surface area contributed by atoms with E-state index in [0.29, 0.717) is 6.54 Å². The molecule has 1 atom stereocenters. The number of amides is 2. The third-order valence-corrected chi connectivity index (χ3v) is 4.15. The third kappa shape index (κ3) is 3.29. The van der Waals surface area contributed by atoms with E-state index < -0.39 is 12.1 Å². The Morgan fingerprint density at radius 3 is 2.79 bits per heavy atom. The monoisotopic (exact) mass is 329 g/mol. The van der Waals surface area contributed by atoms with Crippen molar-refractivity contribution in [2.75, 3.05) is 11.4 Å². The number of benzene rings is 1. The second-order valence-electron chi connectivity index (χ2n) is 5.86. The number of hydrogen-bond donors (Lipinski definition) is 1. The minimum atomic E-state index is -0.913. The highest BCUT2D eigenvalue weighted by Gasteiger charge is 2.30. The molecule has 7 nitrogen and oxygen atoms in total. The van der Waals surface area contributed by atoms with Gasteiger partial charge in [-0.05, 0) is 31.4 Å². The molecule has 0 aliphatic carbocycles. The number of carbonyl (C=O) groups is 3. The molecule has 126 valence electrons. The van der Waals surface area contributed by atoms with E-state index in [0.717, 1.165) is 24.1 Å². The number of hydrazone groups is 1. The molecule has 3 rings (SSSR count). The Labute approximate surface area is 139 Å². The summed E-state index contributed by atoms with van der Waals surface area (Å²) in [5, 5.41) is 3.69. The molecule has 1 aromatic rings. The number of esters is 1. The molecule has 0 saturated heterocycles. The van der Waals surface area contributed by atoms with Gasteiger partial charge < -0.3 is 9.64 Å². The maximum absolute atomic E-state index is 12.7. The lowest BCUT2D eigenvalue weighted by atomic mass is 10.0. The lowest BCUT2D eigenvalue weighted by Crippen LogP contribution is -2.43. The molecule has 7 heteroatoms. The summed E-state index contributed by atoms with van der Waals surface area (Å²) in [6.45, 7) is 2.16. The van der Waals surface area contributed by atoms with Crippen LogP contribution in [0.3, 0.4) is 0 Å². The van der Waals surface area contributed by atoms with Crippen LogP contribution in [0.5, 0.6) is 0 Å². The number of anilines is 1. The van der Waals surface area contributed by atoms with Gasteiger partial charge in [0.15, 0.2) is 6.10 Å². The minimum absolute atomic E-state index is 0.133. The van der Waals surface area contributed by atoms with Gasteiger partial charge in [-0.2, -0.15) is 5.10 Å². The van der Waals surface area contributed by atoms with E-state index >= 15 is 0 Å². The third-order valence-electron chi connectivity index (χ3n) is 4.15. The van der Waals surface area contributed by atoms with E-state index in [1.165, 1.54) is 0 Å². The lowest BCUT2D eigenvalue weighted by molar-refractivity contribution is -0.147. The van der Waals surface area contributed by atoms with E-state index in [4.69, 9.17) is 4.74 Å². The van der Waals surface area contributed by atoms with Gasteiger partial charge in [0.1, 0.15) is 5.71 Å². The summed E-state index contributed by atoms with van der Waals surface area (Å²) < 4.78 is 5.24. The lowest BCUT2D eigenvalue weighted by Gasteiger charge is -2.31. The van der Waals surface area contributed by atoms with Crippen LogP contribution in [0.15, 0.2) is 29.4 Å². The Bertz CT molecular complexity index is 714. The van der Waals surface area contributed by atoms with Crippen molar-refractivity contribution in [2.24, 2.45) is 5.10 Å². The number of nitrogens with one attached hydrogen (secondary N) is 1. The van der Waals surface area contributed by atoms with Crippen molar-refractivity contribution in [3.05, 3.63) is 29.8 Å². The molecule has 0 unspecified atom stereocenters. The van der Waals surface area contributed by atoms with E-state index in [9.17, 15) is 14.4 Å². The molecule has 1 N–H and O–H groups in total. The van der Waals surface area contributed by atoms with Crippen molar-refractivity contribution in [1.82, 2.24) is 5.43 Å². The molecule has 24 heavy (non-hydrogen) atoms. The van der Waals surface area contributed by atoms with Crippen LogP contribution in [-0.2, 0) is 25.5 Å². The number of para-hydroxylation sites is 1. The quantitative estimate of drug-likeness (QED) is 0.843. The van der Waals surface area contributed by atoms with Crippen LogP contribution in [0, 0.1) is 0 Å². The summed E-state index contributed by atoms with van der Waals surface area (Å²) in [5.74, 6) is -1.15. The second-order valence-corrected chi connectivity index (χ2v) is 5.86. The van der Waals surface area contributed by atoms with Crippen LogP contribution in [0.4, 0.5) is 5.69 Å². The molecular weight excluding hydrogens is 310 g/mol. The van der Waals surface area contributed by atoms with Crippen molar-refractivity contribution >= 4 is 29.2 Å². The van der Waals surface area contributed by atoms with Crippen LogP contribution in [-0.4, -0.2) is 36.1 Å². The first-order valence-corrected chi connectivity index (χ1v) is 8.02. The first-order chi connectivity index (χ1) is 11.6. The summed E-state index contributed by atoms with van der Waals surface area (Å²) in [6, 6.07) is 7.75. The average molecular weight is 329 g/mol. The molecule has 0 bridgehead atoms. The molecular formula is C17H19N3O4. The van der Waals surface area contributed by atoms with E-state index in [1.54, 1.807) is 11.8 Å². The maximum Gasteiger partial charge on any atom is 0.355 e. The fourth-order valence-corrected chi connectivity index (χ4v) is 2.88. The molecule has 0 fully saturated rings. The first-order valence-electron chi connectivity index (χ1n) is 8.02. The molecule has 0 spiro atoms. The molecule has 1 aromatic carbocycles. The van der Waals surface area contributed by atoms with Crippen LogP contribution in [0.25, 0.3) is 0 Å². The normalized spacial score (nSPS) is 18.1. The van der Waals surface area contributed by atoms with Crippen molar-refractivity contribution in [3.8, 4) is 0 Å².